The second-order valence-electron chi connectivity index (χ2n) is 11.1. The smallest absolute Gasteiger partial charge is 0.387 e. The summed E-state index contributed by atoms with van der Waals surface area (Å²) in [5.74, 6) is -0.425. The van der Waals surface area contributed by atoms with E-state index in [1.165, 1.54) is 24.4 Å². The summed E-state index contributed by atoms with van der Waals surface area (Å²) in [6.07, 6.45) is 2.59. The molecule has 1 fully saturated rings. The van der Waals surface area contributed by atoms with Gasteiger partial charge in [0.25, 0.3) is 5.91 Å². The zero-order valence-electron chi connectivity index (χ0n) is 22.2. The van der Waals surface area contributed by atoms with E-state index in [0.717, 1.165) is 0 Å². The Morgan fingerprint density at radius 3 is 2.76 bits per heavy atom. The summed E-state index contributed by atoms with van der Waals surface area (Å²) in [6, 6.07) is 6.42. The van der Waals surface area contributed by atoms with Crippen LogP contribution in [0.25, 0.3) is 22.2 Å². The standard InChI is InChI=1S/C29H26F3N5O4/c1-29(2,39)27-33-11-16(24(36-27)13-6-7-40-12-13)15-8-20-18(9-17(15)30)34-25-19-10-21(37(20)25)23-14(26(38)35-19)4-3-5-22(23)41-28(31)32/h3-5,8-9,11,13,19,21,28,39H,6-7,10,12H2,1-2H3,(H,35,38)/t13?,19-,21-/m1/s1. The molecule has 2 aromatic carbocycles. The van der Waals surface area contributed by atoms with Crippen LogP contribution in [0.4, 0.5) is 13.2 Å². The average Bonchev–Trinajstić information content (AvgIpc) is 3.62. The number of halogens is 3. The minimum Gasteiger partial charge on any atom is -0.434 e. The first-order valence-electron chi connectivity index (χ1n) is 13.4. The SMILES string of the molecule is CC(C)(O)c1ncc(-c2cc3c(cc2F)nc2n3[C@@H]3C[C@H]2NC(=O)c2cccc(OC(F)F)c23)c(C2CCOC2)n1. The molecule has 0 aliphatic carbocycles. The number of hydrogen-bond donors (Lipinski definition) is 2. The third-order valence-corrected chi connectivity index (χ3v) is 8.03. The summed E-state index contributed by atoms with van der Waals surface area (Å²) in [4.78, 5) is 26.7. The molecular formula is C29H26F3N5O4. The molecule has 2 bridgehead atoms. The molecule has 1 saturated heterocycles. The van der Waals surface area contributed by atoms with E-state index in [9.17, 15) is 18.7 Å². The Morgan fingerprint density at radius 2 is 2.02 bits per heavy atom. The molecular weight excluding hydrogens is 539 g/mol. The van der Waals surface area contributed by atoms with Gasteiger partial charge in [-0.05, 0) is 44.9 Å². The third-order valence-electron chi connectivity index (χ3n) is 8.03. The number of nitrogens with zero attached hydrogens (tertiary/aromatic N) is 4. The van der Waals surface area contributed by atoms with Gasteiger partial charge < -0.3 is 24.5 Å². The summed E-state index contributed by atoms with van der Waals surface area (Å²) in [5.41, 5.74) is 1.49. The lowest BCUT2D eigenvalue weighted by Crippen LogP contribution is -2.28. The number of rotatable bonds is 5. The van der Waals surface area contributed by atoms with Gasteiger partial charge in [0.05, 0.1) is 35.4 Å². The van der Waals surface area contributed by atoms with Crippen molar-refractivity contribution in [1.82, 2.24) is 24.8 Å². The Balaban J connectivity index is 1.43. The number of aliphatic hydroxyl groups is 1. The predicted octanol–water partition coefficient (Wildman–Crippen LogP) is 4.74. The molecule has 3 aliphatic heterocycles. The van der Waals surface area contributed by atoms with Crippen molar-refractivity contribution in [3.63, 3.8) is 0 Å². The fraction of sp³-hybridized carbons (Fsp3) is 0.379. The summed E-state index contributed by atoms with van der Waals surface area (Å²) in [5, 5.41) is 13.5. The van der Waals surface area contributed by atoms with Gasteiger partial charge in [0.2, 0.25) is 0 Å². The number of hydrogen-bond acceptors (Lipinski definition) is 7. The molecule has 0 spiro atoms. The molecule has 2 N–H and O–H groups in total. The molecule has 212 valence electrons. The van der Waals surface area contributed by atoms with Crippen LogP contribution in [-0.2, 0) is 10.3 Å². The van der Waals surface area contributed by atoms with Crippen LogP contribution in [-0.4, -0.2) is 50.4 Å². The Kier molecular flexibility index (Phi) is 5.84. The van der Waals surface area contributed by atoms with Crippen LogP contribution in [0.1, 0.15) is 78.0 Å². The van der Waals surface area contributed by atoms with E-state index in [4.69, 9.17) is 9.47 Å². The van der Waals surface area contributed by atoms with Crippen molar-refractivity contribution in [1.29, 1.82) is 0 Å². The lowest BCUT2D eigenvalue weighted by atomic mass is 9.94. The number of aromatic nitrogens is 4. The number of benzene rings is 2. The summed E-state index contributed by atoms with van der Waals surface area (Å²) in [6.45, 7) is 1.05. The van der Waals surface area contributed by atoms with Gasteiger partial charge in [-0.25, -0.2) is 19.3 Å². The number of carbonyl (C=O) groups is 1. The summed E-state index contributed by atoms with van der Waals surface area (Å²) >= 11 is 0. The second-order valence-corrected chi connectivity index (χ2v) is 11.1. The first-order valence-corrected chi connectivity index (χ1v) is 13.4. The molecule has 5 heterocycles. The molecule has 4 aromatic rings. The molecule has 3 atom stereocenters. The fourth-order valence-electron chi connectivity index (χ4n) is 6.20. The van der Waals surface area contributed by atoms with Gasteiger partial charge in [-0.3, -0.25) is 4.79 Å². The predicted molar refractivity (Wildman–Crippen MR) is 140 cm³/mol. The van der Waals surface area contributed by atoms with Crippen molar-refractivity contribution in [2.45, 2.75) is 56.9 Å². The van der Waals surface area contributed by atoms with E-state index in [-0.39, 0.29) is 28.6 Å². The van der Waals surface area contributed by atoms with E-state index < -0.39 is 36.0 Å². The molecule has 9 nitrogen and oxygen atoms in total. The van der Waals surface area contributed by atoms with Gasteiger partial charge in [-0.1, -0.05) is 6.07 Å². The molecule has 0 saturated carbocycles. The van der Waals surface area contributed by atoms with Gasteiger partial charge >= 0.3 is 6.61 Å². The van der Waals surface area contributed by atoms with Crippen molar-refractivity contribution in [3.05, 3.63) is 70.8 Å². The van der Waals surface area contributed by atoms with Crippen LogP contribution < -0.4 is 10.1 Å². The van der Waals surface area contributed by atoms with Crippen LogP contribution in [0.3, 0.4) is 0 Å². The minimum absolute atomic E-state index is 0.0885. The lowest BCUT2D eigenvalue weighted by Gasteiger charge is -2.22. The highest BCUT2D eigenvalue weighted by atomic mass is 19.3. The zero-order valence-corrected chi connectivity index (χ0v) is 22.2. The maximum atomic E-state index is 15.8. The monoisotopic (exact) mass is 565 g/mol. The van der Waals surface area contributed by atoms with Crippen LogP contribution in [0.2, 0.25) is 0 Å². The van der Waals surface area contributed by atoms with Crippen LogP contribution in [0, 0.1) is 5.82 Å². The normalized spacial score (nSPS) is 21.6. The van der Waals surface area contributed by atoms with E-state index in [1.807, 2.05) is 4.57 Å². The Bertz CT molecular complexity index is 1710. The molecule has 3 aliphatic rings. The van der Waals surface area contributed by atoms with Crippen molar-refractivity contribution < 1.29 is 32.5 Å². The van der Waals surface area contributed by atoms with Crippen molar-refractivity contribution in [3.8, 4) is 16.9 Å². The fourth-order valence-corrected chi connectivity index (χ4v) is 6.20. The summed E-state index contributed by atoms with van der Waals surface area (Å²) in [7, 11) is 0. The highest BCUT2D eigenvalue weighted by Crippen LogP contribution is 2.48. The van der Waals surface area contributed by atoms with Gasteiger partial charge in [-0.2, -0.15) is 8.78 Å². The first-order chi connectivity index (χ1) is 19.6. The highest BCUT2D eigenvalue weighted by Gasteiger charge is 2.42. The van der Waals surface area contributed by atoms with E-state index in [0.29, 0.717) is 59.7 Å². The average molecular weight is 566 g/mol. The number of nitrogens with one attached hydrogen (secondary N) is 1. The molecule has 7 rings (SSSR count). The van der Waals surface area contributed by atoms with Gasteiger partial charge in [0, 0.05) is 47.0 Å². The van der Waals surface area contributed by atoms with Crippen molar-refractivity contribution >= 4 is 16.9 Å². The Labute approximate surface area is 232 Å². The molecule has 1 amide bonds. The van der Waals surface area contributed by atoms with Crippen LogP contribution >= 0.6 is 0 Å². The second kappa shape index (κ2) is 9.25. The third kappa shape index (κ3) is 4.15. The Hall–Kier alpha value is -4.03. The number of fused-ring (bicyclic) bond motifs is 9. The molecule has 12 heteroatoms. The Morgan fingerprint density at radius 1 is 1.20 bits per heavy atom. The largest absolute Gasteiger partial charge is 0.434 e. The van der Waals surface area contributed by atoms with Gasteiger partial charge in [0.1, 0.15) is 23.0 Å². The molecule has 2 aromatic heterocycles. The number of amides is 1. The van der Waals surface area contributed by atoms with Crippen LogP contribution in [0.5, 0.6) is 5.75 Å². The quantitative estimate of drug-likeness (QED) is 0.360. The minimum atomic E-state index is -3.07. The van der Waals surface area contributed by atoms with Gasteiger partial charge in [-0.15, -0.1) is 0 Å². The zero-order chi connectivity index (χ0) is 28.6. The maximum Gasteiger partial charge on any atom is 0.387 e. The summed E-state index contributed by atoms with van der Waals surface area (Å²) < 4.78 is 54.8. The lowest BCUT2D eigenvalue weighted by molar-refractivity contribution is -0.0507. The van der Waals surface area contributed by atoms with Crippen molar-refractivity contribution in [2.24, 2.45) is 0 Å². The molecule has 0 radical (unpaired) electrons. The number of alkyl halides is 2. The van der Waals surface area contributed by atoms with Crippen molar-refractivity contribution in [2.75, 3.05) is 13.2 Å². The van der Waals surface area contributed by atoms with E-state index >= 15 is 4.39 Å². The topological polar surface area (TPSA) is 111 Å². The van der Waals surface area contributed by atoms with Crippen LogP contribution in [0.15, 0.2) is 36.5 Å². The van der Waals surface area contributed by atoms with E-state index in [2.05, 4.69) is 20.3 Å². The number of ether oxygens (including phenoxy) is 2. The highest BCUT2D eigenvalue weighted by molar-refractivity contribution is 5.98. The van der Waals surface area contributed by atoms with Gasteiger partial charge in [0.15, 0.2) is 5.82 Å². The first kappa shape index (κ1) is 25.9. The number of imidazole rings is 1. The molecule has 1 unspecified atom stereocenters. The number of carbonyl (C=O) groups excluding carboxylic acids is 1. The molecule has 41 heavy (non-hydrogen) atoms. The maximum absolute atomic E-state index is 15.8. The van der Waals surface area contributed by atoms with E-state index in [1.54, 1.807) is 26.0 Å².